The maximum absolute atomic E-state index is 13.7. The fraction of sp³-hybridized carbons (Fsp3) is 0.467. The van der Waals surface area contributed by atoms with Gasteiger partial charge in [-0.15, -0.1) is 0 Å². The lowest BCUT2D eigenvalue weighted by Gasteiger charge is -2.35. The first-order chi connectivity index (χ1) is 18.9. The number of rotatable bonds is 7. The molecule has 2 aromatic carbocycles. The van der Waals surface area contributed by atoms with Gasteiger partial charge >= 0.3 is 12.2 Å². The molecule has 2 amide bonds. The second kappa shape index (κ2) is 10.8. The summed E-state index contributed by atoms with van der Waals surface area (Å²) in [6.07, 6.45) is -2.89. The number of likely N-dealkylation sites (tertiary alicyclic amines) is 2. The lowest BCUT2D eigenvalue weighted by molar-refractivity contribution is -0.137. The van der Waals surface area contributed by atoms with E-state index in [0.29, 0.717) is 37.0 Å². The number of nitrogens with zero attached hydrogens (tertiary/aromatic N) is 3. The Bertz CT molecular complexity index is 1390. The van der Waals surface area contributed by atoms with Crippen molar-refractivity contribution < 1.29 is 22.7 Å². The molecule has 2 atom stereocenters. The summed E-state index contributed by atoms with van der Waals surface area (Å²) in [6.45, 7) is 10.3. The number of ether oxygens (including phenoxy) is 1. The summed E-state index contributed by atoms with van der Waals surface area (Å²) < 4.78 is 47.0. The van der Waals surface area contributed by atoms with Gasteiger partial charge in [0.2, 0.25) is 0 Å². The second-order valence-electron chi connectivity index (χ2n) is 11.8. The lowest BCUT2D eigenvalue weighted by atomic mass is 10.1. The maximum atomic E-state index is 13.7. The van der Waals surface area contributed by atoms with E-state index in [1.165, 1.54) is 0 Å². The summed E-state index contributed by atoms with van der Waals surface area (Å²) in [5.74, 6) is 0.167. The molecule has 7 nitrogen and oxygen atoms in total. The molecule has 5 rings (SSSR count). The number of anilines is 2. The highest BCUT2D eigenvalue weighted by Gasteiger charge is 2.45. The fourth-order valence-corrected chi connectivity index (χ4v) is 5.61. The molecule has 3 heterocycles. The monoisotopic (exact) mass is 555 g/mol. The van der Waals surface area contributed by atoms with E-state index >= 15 is 0 Å². The number of carbonyl (C=O) groups is 1. The van der Waals surface area contributed by atoms with Crippen LogP contribution in [0.25, 0.3) is 10.9 Å². The van der Waals surface area contributed by atoms with Gasteiger partial charge in [0.15, 0.2) is 0 Å². The number of fused-ring (bicyclic) bond motifs is 3. The molecular formula is C30H36F3N5O2. The number of aryl methyl sites for hydroxylation is 1. The van der Waals surface area contributed by atoms with Gasteiger partial charge in [-0.1, -0.05) is 18.2 Å². The van der Waals surface area contributed by atoms with E-state index in [4.69, 9.17) is 4.74 Å². The number of carbonyl (C=O) groups excluding carboxylic acids is 1. The number of nitrogens with one attached hydrogen (secondary N) is 2. The molecule has 3 aromatic rings. The van der Waals surface area contributed by atoms with Crippen molar-refractivity contribution in [2.75, 3.05) is 31.6 Å². The lowest BCUT2D eigenvalue weighted by Crippen LogP contribution is -2.55. The first-order valence-electron chi connectivity index (χ1n) is 13.7. The van der Waals surface area contributed by atoms with Crippen molar-refractivity contribution in [3.63, 3.8) is 0 Å². The van der Waals surface area contributed by atoms with Crippen molar-refractivity contribution in [1.29, 1.82) is 0 Å². The number of alkyl halides is 3. The quantitative estimate of drug-likeness (QED) is 0.333. The first-order valence-corrected chi connectivity index (χ1v) is 13.7. The molecule has 0 saturated carbocycles. The van der Waals surface area contributed by atoms with Crippen molar-refractivity contribution in [2.24, 2.45) is 0 Å². The number of piperazine rings is 1. The van der Waals surface area contributed by atoms with Crippen LogP contribution in [0.1, 0.15) is 44.9 Å². The third kappa shape index (κ3) is 6.43. The number of hydrogen-bond donors (Lipinski definition) is 2. The Balaban J connectivity index is 1.20. The van der Waals surface area contributed by atoms with Crippen molar-refractivity contribution in [1.82, 2.24) is 20.1 Å². The molecule has 2 aliphatic heterocycles. The summed E-state index contributed by atoms with van der Waals surface area (Å²) in [4.78, 5) is 21.4. The van der Waals surface area contributed by atoms with E-state index in [-0.39, 0.29) is 23.4 Å². The third-order valence-corrected chi connectivity index (χ3v) is 7.31. The molecule has 2 saturated heterocycles. The molecule has 2 unspecified atom stereocenters. The van der Waals surface area contributed by atoms with Crippen LogP contribution in [0.5, 0.6) is 5.75 Å². The number of amides is 2. The van der Waals surface area contributed by atoms with Gasteiger partial charge in [0.25, 0.3) is 0 Å². The Morgan fingerprint density at radius 3 is 2.55 bits per heavy atom. The predicted octanol–water partition coefficient (Wildman–Crippen LogP) is 6.34. The van der Waals surface area contributed by atoms with E-state index in [0.717, 1.165) is 48.2 Å². The predicted molar refractivity (Wildman–Crippen MR) is 150 cm³/mol. The molecule has 40 heavy (non-hydrogen) atoms. The van der Waals surface area contributed by atoms with Crippen LogP contribution in [0.2, 0.25) is 0 Å². The zero-order valence-electron chi connectivity index (χ0n) is 23.3. The van der Waals surface area contributed by atoms with E-state index in [1.807, 2.05) is 62.9 Å². The summed E-state index contributed by atoms with van der Waals surface area (Å²) in [5, 5.41) is 7.01. The smallest absolute Gasteiger partial charge is 0.416 e. The topological polar surface area (TPSA) is 69.7 Å². The van der Waals surface area contributed by atoms with Crippen LogP contribution in [0.3, 0.4) is 0 Å². The molecule has 214 valence electrons. The Labute approximate surface area is 232 Å². The van der Waals surface area contributed by atoms with Gasteiger partial charge in [-0.25, -0.2) is 4.79 Å². The number of urea groups is 1. The fourth-order valence-electron chi connectivity index (χ4n) is 5.61. The van der Waals surface area contributed by atoms with Gasteiger partial charge in [0, 0.05) is 65.8 Å². The van der Waals surface area contributed by atoms with Gasteiger partial charge in [-0.3, -0.25) is 9.88 Å². The maximum Gasteiger partial charge on any atom is 0.416 e. The van der Waals surface area contributed by atoms with Crippen LogP contribution in [-0.2, 0) is 6.18 Å². The minimum absolute atomic E-state index is 0.0214. The van der Waals surface area contributed by atoms with Crippen molar-refractivity contribution >= 4 is 28.3 Å². The molecule has 2 fully saturated rings. The molecule has 0 radical (unpaired) electrons. The minimum atomic E-state index is -4.51. The number of aromatic nitrogens is 1. The number of para-hydroxylation sites is 1. The average Bonchev–Trinajstić information content (AvgIpc) is 3.46. The highest BCUT2D eigenvalue weighted by atomic mass is 19.4. The highest BCUT2D eigenvalue weighted by molar-refractivity contribution is 5.93. The Morgan fingerprint density at radius 1 is 1.07 bits per heavy atom. The van der Waals surface area contributed by atoms with Gasteiger partial charge in [0.1, 0.15) is 5.75 Å². The van der Waals surface area contributed by atoms with Crippen molar-refractivity contribution in [3.05, 3.63) is 59.8 Å². The molecule has 0 spiro atoms. The Hall–Kier alpha value is -3.53. The molecule has 10 heteroatoms. The van der Waals surface area contributed by atoms with Gasteiger partial charge in [-0.05, 0) is 64.8 Å². The summed E-state index contributed by atoms with van der Waals surface area (Å²) in [7, 11) is 0. The summed E-state index contributed by atoms with van der Waals surface area (Å²) in [6, 6.07) is 13.5. The molecule has 1 aromatic heterocycles. The molecule has 0 aliphatic carbocycles. The Kier molecular flexibility index (Phi) is 7.56. The summed E-state index contributed by atoms with van der Waals surface area (Å²) >= 11 is 0. The van der Waals surface area contributed by atoms with Crippen LogP contribution < -0.4 is 15.4 Å². The Morgan fingerprint density at radius 2 is 1.85 bits per heavy atom. The number of halogens is 3. The standard InChI is InChI=1S/C30H36F3N5O2/c1-19-12-27(25-8-5-6-9-26(25)34-19)35-21-13-20(30(31,32)33)14-24(15-21)40-11-7-10-37-17-23-16-22(37)18-38(23)28(39)36-29(2,3)4/h5-6,8-9,12-15,22-23H,7,10-11,16-18H2,1-4H3,(H,34,35)(H,36,39). The summed E-state index contributed by atoms with van der Waals surface area (Å²) in [5.41, 5.74) is 1.46. The van der Waals surface area contributed by atoms with Crippen LogP contribution in [0.15, 0.2) is 48.5 Å². The van der Waals surface area contributed by atoms with E-state index < -0.39 is 11.7 Å². The number of hydrogen-bond acceptors (Lipinski definition) is 5. The van der Waals surface area contributed by atoms with Crippen LogP contribution >= 0.6 is 0 Å². The second-order valence-corrected chi connectivity index (χ2v) is 11.8. The van der Waals surface area contributed by atoms with Crippen molar-refractivity contribution in [2.45, 2.75) is 64.3 Å². The largest absolute Gasteiger partial charge is 0.493 e. The van der Waals surface area contributed by atoms with E-state index in [1.54, 1.807) is 6.07 Å². The zero-order chi connectivity index (χ0) is 28.7. The molecule has 2 N–H and O–H groups in total. The average molecular weight is 556 g/mol. The molecular weight excluding hydrogens is 519 g/mol. The highest BCUT2D eigenvalue weighted by Crippen LogP contribution is 2.36. The molecule has 2 aliphatic rings. The van der Waals surface area contributed by atoms with Crippen LogP contribution in [0, 0.1) is 6.92 Å². The third-order valence-electron chi connectivity index (χ3n) is 7.31. The van der Waals surface area contributed by atoms with Crippen LogP contribution in [-0.4, -0.2) is 64.7 Å². The van der Waals surface area contributed by atoms with E-state index in [9.17, 15) is 18.0 Å². The number of benzene rings is 2. The van der Waals surface area contributed by atoms with Crippen LogP contribution in [0.4, 0.5) is 29.3 Å². The first kappa shape index (κ1) is 28.0. The van der Waals surface area contributed by atoms with Crippen molar-refractivity contribution in [3.8, 4) is 5.75 Å². The minimum Gasteiger partial charge on any atom is -0.493 e. The molecule has 2 bridgehead atoms. The van der Waals surface area contributed by atoms with E-state index in [2.05, 4.69) is 20.5 Å². The zero-order valence-corrected chi connectivity index (χ0v) is 23.3. The van der Waals surface area contributed by atoms with Gasteiger partial charge < -0.3 is 20.3 Å². The van der Waals surface area contributed by atoms with Gasteiger partial charge in [0.05, 0.1) is 17.7 Å². The SMILES string of the molecule is Cc1cc(Nc2cc(OCCCN3CC4CC3CN4C(=O)NC(C)(C)C)cc(C(F)(F)F)c2)c2ccccc2n1. The van der Waals surface area contributed by atoms with Gasteiger partial charge in [-0.2, -0.15) is 13.2 Å². The number of pyridine rings is 1. The normalized spacial score (nSPS) is 19.3.